The number of carbonyl (C=O) groups is 1. The Kier molecular flexibility index (Phi) is 7.44. The van der Waals surface area contributed by atoms with Crippen molar-refractivity contribution in [3.8, 4) is 11.1 Å². The standard InChI is InChI=1S/C31H35NO/c1-23(10-7-11-25(3)33)20-29-21-28(18-17-24(29)2)27-14-8-15-30(22-27)32-19-9-16-31(32)26-12-5-4-6-13-26/h4-6,8,12-15,17-18,21-22,31H,1,7,9-11,16,19-20H2,2-3H3/t31-/m1/s1. The van der Waals surface area contributed by atoms with Gasteiger partial charge < -0.3 is 9.69 Å². The SMILES string of the molecule is C=C(CCCC(C)=O)Cc1cc(-c2cccc(N3CCC[C@@H]3c3ccccc3)c2)ccc1C. The molecule has 0 unspecified atom stereocenters. The van der Waals surface area contributed by atoms with Crippen LogP contribution in [0.5, 0.6) is 0 Å². The Bertz CT molecular complexity index is 1110. The molecule has 0 bridgehead atoms. The molecule has 1 aliphatic rings. The van der Waals surface area contributed by atoms with Crippen molar-refractivity contribution in [2.24, 2.45) is 0 Å². The topological polar surface area (TPSA) is 20.3 Å². The van der Waals surface area contributed by atoms with E-state index in [2.05, 4.69) is 91.2 Å². The maximum absolute atomic E-state index is 11.2. The summed E-state index contributed by atoms with van der Waals surface area (Å²) >= 11 is 0. The highest BCUT2D eigenvalue weighted by Gasteiger charge is 2.26. The molecule has 1 atom stereocenters. The molecule has 0 radical (unpaired) electrons. The van der Waals surface area contributed by atoms with E-state index >= 15 is 0 Å². The van der Waals surface area contributed by atoms with Crippen LogP contribution >= 0.6 is 0 Å². The van der Waals surface area contributed by atoms with Crippen LogP contribution in [0.25, 0.3) is 11.1 Å². The van der Waals surface area contributed by atoms with Crippen LogP contribution in [0.2, 0.25) is 0 Å². The lowest BCUT2D eigenvalue weighted by Gasteiger charge is -2.27. The van der Waals surface area contributed by atoms with Crippen LogP contribution in [0, 0.1) is 6.92 Å². The van der Waals surface area contributed by atoms with Crippen LogP contribution in [0.15, 0.2) is 84.9 Å². The fourth-order valence-corrected chi connectivity index (χ4v) is 4.95. The number of Topliss-reactive ketones (excluding diaryl/α,β-unsaturated/α-hetero) is 1. The Hall–Kier alpha value is -3.13. The van der Waals surface area contributed by atoms with Gasteiger partial charge in [-0.1, -0.05) is 72.8 Å². The molecule has 0 aromatic heterocycles. The molecular formula is C31H35NO. The average molecular weight is 438 g/mol. The average Bonchev–Trinajstić information content (AvgIpc) is 3.31. The quantitative estimate of drug-likeness (QED) is 0.318. The van der Waals surface area contributed by atoms with E-state index in [-0.39, 0.29) is 5.78 Å². The van der Waals surface area contributed by atoms with Gasteiger partial charge in [0.1, 0.15) is 5.78 Å². The van der Waals surface area contributed by atoms with Crippen LogP contribution in [-0.4, -0.2) is 12.3 Å². The molecule has 170 valence electrons. The predicted octanol–water partition coefficient (Wildman–Crippen LogP) is 7.86. The number of anilines is 1. The van der Waals surface area contributed by atoms with Crippen molar-refractivity contribution in [1.29, 1.82) is 0 Å². The molecule has 2 nitrogen and oxygen atoms in total. The minimum absolute atomic E-state index is 0.258. The number of ketones is 1. The van der Waals surface area contributed by atoms with Crippen LogP contribution in [0.3, 0.4) is 0 Å². The van der Waals surface area contributed by atoms with Gasteiger partial charge in [0, 0.05) is 18.7 Å². The summed E-state index contributed by atoms with van der Waals surface area (Å²) in [6.07, 6.45) is 5.76. The highest BCUT2D eigenvalue weighted by molar-refractivity contribution is 5.75. The first-order valence-electron chi connectivity index (χ1n) is 12.2. The lowest BCUT2D eigenvalue weighted by atomic mass is 9.94. The van der Waals surface area contributed by atoms with Gasteiger partial charge in [-0.05, 0) is 85.9 Å². The smallest absolute Gasteiger partial charge is 0.129 e. The van der Waals surface area contributed by atoms with Crippen molar-refractivity contribution in [1.82, 2.24) is 0 Å². The largest absolute Gasteiger partial charge is 0.364 e. The van der Waals surface area contributed by atoms with Gasteiger partial charge in [-0.15, -0.1) is 0 Å². The van der Waals surface area contributed by atoms with E-state index in [9.17, 15) is 4.79 Å². The second kappa shape index (κ2) is 10.7. The van der Waals surface area contributed by atoms with Gasteiger partial charge >= 0.3 is 0 Å². The molecule has 1 aliphatic heterocycles. The van der Waals surface area contributed by atoms with E-state index in [0.717, 1.165) is 25.8 Å². The molecule has 0 saturated carbocycles. The molecule has 33 heavy (non-hydrogen) atoms. The minimum atomic E-state index is 0.258. The van der Waals surface area contributed by atoms with Crippen LogP contribution in [0.1, 0.15) is 61.8 Å². The Labute approximate surface area is 199 Å². The summed E-state index contributed by atoms with van der Waals surface area (Å²) in [6, 6.07) is 27.1. The van der Waals surface area contributed by atoms with Crippen molar-refractivity contribution < 1.29 is 4.79 Å². The minimum Gasteiger partial charge on any atom is -0.364 e. The van der Waals surface area contributed by atoms with Gasteiger partial charge in [-0.25, -0.2) is 0 Å². The van der Waals surface area contributed by atoms with Gasteiger partial charge in [-0.3, -0.25) is 0 Å². The van der Waals surface area contributed by atoms with Crippen LogP contribution in [-0.2, 0) is 11.2 Å². The molecular weight excluding hydrogens is 402 g/mol. The monoisotopic (exact) mass is 437 g/mol. The number of nitrogens with zero attached hydrogens (tertiary/aromatic N) is 1. The van der Waals surface area contributed by atoms with Crippen molar-refractivity contribution in [3.63, 3.8) is 0 Å². The molecule has 4 rings (SSSR count). The molecule has 0 N–H and O–H groups in total. The molecule has 0 aliphatic carbocycles. The first-order valence-corrected chi connectivity index (χ1v) is 12.2. The van der Waals surface area contributed by atoms with E-state index < -0.39 is 0 Å². The Morgan fingerprint density at radius 2 is 1.76 bits per heavy atom. The second-order valence-electron chi connectivity index (χ2n) is 9.44. The van der Waals surface area contributed by atoms with Crippen molar-refractivity contribution in [2.45, 2.75) is 58.4 Å². The number of benzene rings is 3. The first kappa shape index (κ1) is 23.0. The van der Waals surface area contributed by atoms with E-state index in [1.54, 1.807) is 6.92 Å². The number of hydrogen-bond acceptors (Lipinski definition) is 2. The maximum Gasteiger partial charge on any atom is 0.129 e. The summed E-state index contributed by atoms with van der Waals surface area (Å²) < 4.78 is 0. The number of carbonyl (C=O) groups excluding carboxylic acids is 1. The van der Waals surface area contributed by atoms with Gasteiger partial charge in [0.2, 0.25) is 0 Å². The molecule has 1 fully saturated rings. The van der Waals surface area contributed by atoms with Crippen molar-refractivity contribution in [3.05, 3.63) is 102 Å². The highest BCUT2D eigenvalue weighted by Crippen LogP contribution is 2.37. The summed E-state index contributed by atoms with van der Waals surface area (Å²) in [4.78, 5) is 13.8. The molecule has 3 aromatic rings. The zero-order chi connectivity index (χ0) is 23.2. The first-order chi connectivity index (χ1) is 16.0. The maximum atomic E-state index is 11.2. The zero-order valence-corrected chi connectivity index (χ0v) is 20.0. The van der Waals surface area contributed by atoms with E-state index in [1.165, 1.54) is 51.9 Å². The van der Waals surface area contributed by atoms with Crippen LogP contribution < -0.4 is 4.90 Å². The number of rotatable bonds is 9. The van der Waals surface area contributed by atoms with E-state index in [4.69, 9.17) is 0 Å². The van der Waals surface area contributed by atoms with Gasteiger partial charge in [0.05, 0.1) is 6.04 Å². The number of allylic oxidation sites excluding steroid dienone is 1. The van der Waals surface area contributed by atoms with Crippen LogP contribution in [0.4, 0.5) is 5.69 Å². The third-order valence-corrected chi connectivity index (χ3v) is 6.80. The van der Waals surface area contributed by atoms with Gasteiger partial charge in [-0.2, -0.15) is 0 Å². The Morgan fingerprint density at radius 3 is 2.55 bits per heavy atom. The molecule has 2 heteroatoms. The Morgan fingerprint density at radius 1 is 0.970 bits per heavy atom. The summed E-state index contributed by atoms with van der Waals surface area (Å²) in [5.74, 6) is 0.258. The number of aryl methyl sites for hydroxylation is 1. The van der Waals surface area contributed by atoms with Gasteiger partial charge in [0.25, 0.3) is 0 Å². The fourth-order valence-electron chi connectivity index (χ4n) is 4.95. The zero-order valence-electron chi connectivity index (χ0n) is 20.0. The molecule has 1 heterocycles. The lowest BCUT2D eigenvalue weighted by molar-refractivity contribution is -0.117. The second-order valence-corrected chi connectivity index (χ2v) is 9.44. The lowest BCUT2D eigenvalue weighted by Crippen LogP contribution is -2.22. The van der Waals surface area contributed by atoms with E-state index in [1.807, 2.05) is 0 Å². The molecule has 1 saturated heterocycles. The molecule has 3 aromatic carbocycles. The summed E-state index contributed by atoms with van der Waals surface area (Å²) in [5, 5.41) is 0. The summed E-state index contributed by atoms with van der Waals surface area (Å²) in [7, 11) is 0. The summed E-state index contributed by atoms with van der Waals surface area (Å²) in [5.41, 5.74) is 9.04. The molecule has 0 amide bonds. The molecule has 0 spiro atoms. The van der Waals surface area contributed by atoms with Crippen molar-refractivity contribution >= 4 is 11.5 Å². The van der Waals surface area contributed by atoms with Crippen molar-refractivity contribution in [2.75, 3.05) is 11.4 Å². The highest BCUT2D eigenvalue weighted by atomic mass is 16.1. The predicted molar refractivity (Wildman–Crippen MR) is 140 cm³/mol. The summed E-state index contributed by atoms with van der Waals surface area (Å²) in [6.45, 7) is 9.21. The third kappa shape index (κ3) is 5.82. The fraction of sp³-hybridized carbons (Fsp3) is 0.323. The third-order valence-electron chi connectivity index (χ3n) is 6.80. The number of hydrogen-bond donors (Lipinski definition) is 0. The Balaban J connectivity index is 1.53. The normalized spacial score (nSPS) is 15.6. The van der Waals surface area contributed by atoms with E-state index in [0.29, 0.717) is 12.5 Å². The van der Waals surface area contributed by atoms with Gasteiger partial charge in [0.15, 0.2) is 0 Å².